The van der Waals surface area contributed by atoms with E-state index in [1.54, 1.807) is 11.8 Å². The average Bonchev–Trinajstić information content (AvgIpc) is 2.74. The van der Waals surface area contributed by atoms with Crippen molar-refractivity contribution in [3.63, 3.8) is 0 Å². The minimum Gasteiger partial charge on any atom is -0.466 e. The van der Waals surface area contributed by atoms with Crippen LogP contribution in [0.1, 0.15) is 19.8 Å². The second-order valence-electron chi connectivity index (χ2n) is 7.11. The van der Waals surface area contributed by atoms with Crippen molar-refractivity contribution in [3.8, 4) is 0 Å². The zero-order valence-corrected chi connectivity index (χ0v) is 18.3. The number of pyridine rings is 1. The van der Waals surface area contributed by atoms with Gasteiger partial charge in [0.15, 0.2) is 0 Å². The highest BCUT2D eigenvalue weighted by Gasteiger charge is 2.30. The molecule has 10 nitrogen and oxygen atoms in total. The molecule has 0 aromatic carbocycles. The van der Waals surface area contributed by atoms with E-state index in [-0.39, 0.29) is 29.2 Å². The molecule has 0 N–H and O–H groups in total. The Morgan fingerprint density at radius 3 is 2.43 bits per heavy atom. The fourth-order valence-corrected chi connectivity index (χ4v) is 4.18. The Morgan fingerprint density at radius 2 is 1.87 bits per heavy atom. The van der Waals surface area contributed by atoms with Crippen molar-refractivity contribution in [2.45, 2.75) is 24.7 Å². The van der Waals surface area contributed by atoms with Crippen molar-refractivity contribution < 1.29 is 27.5 Å². The van der Waals surface area contributed by atoms with E-state index in [1.807, 2.05) is 0 Å². The van der Waals surface area contributed by atoms with Gasteiger partial charge in [0.25, 0.3) is 0 Å². The van der Waals surface area contributed by atoms with Gasteiger partial charge in [-0.05, 0) is 31.9 Å². The van der Waals surface area contributed by atoms with Crippen molar-refractivity contribution in [1.29, 1.82) is 0 Å². The van der Waals surface area contributed by atoms with E-state index in [9.17, 15) is 22.8 Å². The fourth-order valence-electron chi connectivity index (χ4n) is 3.09. The van der Waals surface area contributed by atoms with Crippen molar-refractivity contribution in [3.05, 3.63) is 24.5 Å². The van der Waals surface area contributed by atoms with Gasteiger partial charge in [-0.1, -0.05) is 0 Å². The van der Waals surface area contributed by atoms with Crippen LogP contribution in [0, 0.1) is 5.92 Å². The minimum absolute atomic E-state index is 0.0106. The van der Waals surface area contributed by atoms with Gasteiger partial charge < -0.3 is 14.5 Å². The Labute approximate surface area is 176 Å². The molecule has 0 saturated carbocycles. The Morgan fingerprint density at radius 1 is 1.20 bits per heavy atom. The molecule has 11 heteroatoms. The number of ether oxygens (including phenoxy) is 1. The van der Waals surface area contributed by atoms with E-state index in [4.69, 9.17) is 4.74 Å². The van der Waals surface area contributed by atoms with Gasteiger partial charge in [-0.15, -0.1) is 0 Å². The highest BCUT2D eigenvalue weighted by atomic mass is 32.2. The summed E-state index contributed by atoms with van der Waals surface area (Å²) in [6.07, 6.45) is 3.71. The third-order valence-corrected chi connectivity index (χ3v) is 6.75. The SMILES string of the molecule is CCOC(=O)C1CCN(C(=O)CN(C)C(=O)CN(C)S(=O)(=O)c2cccnc2)CC1. The molecule has 0 bridgehead atoms. The van der Waals surface area contributed by atoms with E-state index >= 15 is 0 Å². The summed E-state index contributed by atoms with van der Waals surface area (Å²) in [7, 11) is -1.10. The van der Waals surface area contributed by atoms with Gasteiger partial charge in [-0.25, -0.2) is 8.42 Å². The second-order valence-corrected chi connectivity index (χ2v) is 9.15. The monoisotopic (exact) mass is 440 g/mol. The zero-order chi connectivity index (χ0) is 22.3. The number of likely N-dealkylation sites (tertiary alicyclic amines) is 1. The summed E-state index contributed by atoms with van der Waals surface area (Å²) in [4.78, 5) is 43.3. The van der Waals surface area contributed by atoms with E-state index in [1.165, 1.54) is 43.5 Å². The number of carbonyl (C=O) groups is 3. The van der Waals surface area contributed by atoms with Crippen LogP contribution in [0.2, 0.25) is 0 Å². The fraction of sp³-hybridized carbons (Fsp3) is 0.579. The number of sulfonamides is 1. The lowest BCUT2D eigenvalue weighted by Gasteiger charge is -2.32. The van der Waals surface area contributed by atoms with Gasteiger partial charge in [0.2, 0.25) is 21.8 Å². The maximum absolute atomic E-state index is 12.5. The highest BCUT2D eigenvalue weighted by molar-refractivity contribution is 7.89. The summed E-state index contributed by atoms with van der Waals surface area (Å²) >= 11 is 0. The first-order valence-corrected chi connectivity index (χ1v) is 11.2. The minimum atomic E-state index is -3.85. The van der Waals surface area contributed by atoms with Crippen molar-refractivity contribution >= 4 is 27.8 Å². The summed E-state index contributed by atoms with van der Waals surface area (Å²) in [5, 5.41) is 0. The normalized spacial score (nSPS) is 15.1. The molecule has 0 aliphatic carbocycles. The van der Waals surface area contributed by atoms with E-state index in [0.717, 1.165) is 4.31 Å². The van der Waals surface area contributed by atoms with Gasteiger partial charge in [-0.2, -0.15) is 4.31 Å². The summed E-state index contributed by atoms with van der Waals surface area (Å²) in [5.41, 5.74) is 0. The molecule has 2 heterocycles. The molecule has 1 aliphatic rings. The van der Waals surface area contributed by atoms with Crippen LogP contribution in [0.25, 0.3) is 0 Å². The number of piperidine rings is 1. The van der Waals surface area contributed by atoms with Crippen LogP contribution in [-0.2, 0) is 29.1 Å². The van der Waals surface area contributed by atoms with Crippen LogP contribution >= 0.6 is 0 Å². The number of hydrogen-bond donors (Lipinski definition) is 0. The molecule has 1 aliphatic heterocycles. The molecule has 2 rings (SSSR count). The maximum atomic E-state index is 12.5. The molecule has 0 atom stereocenters. The lowest BCUT2D eigenvalue weighted by molar-refractivity contribution is -0.151. The Hall–Kier alpha value is -2.53. The number of nitrogens with zero attached hydrogens (tertiary/aromatic N) is 4. The van der Waals surface area contributed by atoms with Crippen LogP contribution in [0.3, 0.4) is 0 Å². The van der Waals surface area contributed by atoms with Crippen LogP contribution in [-0.4, -0.2) is 92.2 Å². The quantitative estimate of drug-likeness (QED) is 0.521. The number of hydrogen-bond acceptors (Lipinski definition) is 7. The van der Waals surface area contributed by atoms with Crippen molar-refractivity contribution in [2.75, 3.05) is 46.9 Å². The molecular weight excluding hydrogens is 412 g/mol. The molecule has 0 spiro atoms. The smallest absolute Gasteiger partial charge is 0.309 e. The number of rotatable bonds is 8. The average molecular weight is 441 g/mol. The maximum Gasteiger partial charge on any atom is 0.309 e. The topological polar surface area (TPSA) is 117 Å². The van der Waals surface area contributed by atoms with Crippen molar-refractivity contribution in [2.24, 2.45) is 5.92 Å². The van der Waals surface area contributed by atoms with E-state index < -0.39 is 22.5 Å². The summed E-state index contributed by atoms with van der Waals surface area (Å²) in [5.74, 6) is -1.19. The number of esters is 1. The highest BCUT2D eigenvalue weighted by Crippen LogP contribution is 2.19. The first-order valence-electron chi connectivity index (χ1n) is 9.71. The lowest BCUT2D eigenvalue weighted by Crippen LogP contribution is -2.47. The molecule has 0 radical (unpaired) electrons. The Balaban J connectivity index is 1.85. The van der Waals surface area contributed by atoms with Gasteiger partial charge in [-0.3, -0.25) is 19.4 Å². The standard InChI is InChI=1S/C19H28N4O6S/c1-4-29-19(26)15-7-10-23(11-8-15)18(25)13-21(2)17(24)14-22(3)30(27,28)16-6-5-9-20-12-16/h5-6,9,12,15H,4,7-8,10-11,13-14H2,1-3H3. The van der Waals surface area contributed by atoms with Gasteiger partial charge >= 0.3 is 5.97 Å². The molecular formula is C19H28N4O6S. The number of likely N-dealkylation sites (N-methyl/N-ethyl adjacent to an activating group) is 2. The third kappa shape index (κ3) is 5.99. The van der Waals surface area contributed by atoms with E-state index in [2.05, 4.69) is 4.98 Å². The Kier molecular flexibility index (Phi) is 8.30. The summed E-state index contributed by atoms with van der Waals surface area (Å²) < 4.78 is 30.9. The largest absolute Gasteiger partial charge is 0.466 e. The zero-order valence-electron chi connectivity index (χ0n) is 17.5. The van der Waals surface area contributed by atoms with Crippen LogP contribution in [0.5, 0.6) is 0 Å². The first-order chi connectivity index (χ1) is 14.2. The van der Waals surface area contributed by atoms with Crippen LogP contribution in [0.15, 0.2) is 29.4 Å². The predicted octanol–water partition coefficient (Wildman–Crippen LogP) is -0.0378. The van der Waals surface area contributed by atoms with Crippen LogP contribution in [0.4, 0.5) is 0 Å². The molecule has 1 fully saturated rings. The molecule has 0 unspecified atom stereocenters. The first kappa shape index (κ1) is 23.7. The molecule has 30 heavy (non-hydrogen) atoms. The van der Waals surface area contributed by atoms with Crippen LogP contribution < -0.4 is 0 Å². The second kappa shape index (κ2) is 10.5. The van der Waals surface area contributed by atoms with Gasteiger partial charge in [0, 0.05) is 39.6 Å². The molecule has 166 valence electrons. The van der Waals surface area contributed by atoms with Gasteiger partial charge in [0.05, 0.1) is 25.6 Å². The molecule has 1 aromatic rings. The van der Waals surface area contributed by atoms with Gasteiger partial charge in [0.1, 0.15) is 4.90 Å². The Bertz CT molecular complexity index is 853. The lowest BCUT2D eigenvalue weighted by atomic mass is 9.97. The predicted molar refractivity (Wildman–Crippen MR) is 108 cm³/mol. The summed E-state index contributed by atoms with van der Waals surface area (Å²) in [6, 6.07) is 2.90. The van der Waals surface area contributed by atoms with Crippen molar-refractivity contribution in [1.82, 2.24) is 19.1 Å². The number of amides is 2. The summed E-state index contributed by atoms with van der Waals surface area (Å²) in [6.45, 7) is 2.35. The number of carbonyl (C=O) groups excluding carboxylic acids is 3. The third-order valence-electron chi connectivity index (χ3n) is 4.97. The molecule has 1 saturated heterocycles. The molecule has 2 amide bonds. The number of aromatic nitrogens is 1. The van der Waals surface area contributed by atoms with E-state index in [0.29, 0.717) is 32.5 Å². The molecule has 1 aromatic heterocycles.